The van der Waals surface area contributed by atoms with Crippen LogP contribution in [0.5, 0.6) is 0 Å². The second-order valence-electron chi connectivity index (χ2n) is 4.14. The smallest absolute Gasteiger partial charge is 0.0991 e. The van der Waals surface area contributed by atoms with Gasteiger partial charge in [-0.15, -0.1) is 0 Å². The van der Waals surface area contributed by atoms with E-state index < -0.39 is 0 Å². The van der Waals surface area contributed by atoms with Crippen LogP contribution in [0.25, 0.3) is 11.1 Å². The standard InChI is InChI=1S/C16H15N/c1-2-4-13-7-9-15(10-8-13)16-6-3-5-14(11-16)12-17/h3,5-11H,2,4H2,1H3. The molecule has 0 aliphatic rings. The lowest BCUT2D eigenvalue weighted by molar-refractivity contribution is 0.922. The van der Waals surface area contributed by atoms with Crippen LogP contribution in [0.15, 0.2) is 48.5 Å². The average Bonchev–Trinajstić information content (AvgIpc) is 2.40. The highest BCUT2D eigenvalue weighted by Gasteiger charge is 1.99. The molecule has 0 saturated heterocycles. The molecular formula is C16H15N. The number of benzene rings is 2. The highest BCUT2D eigenvalue weighted by Crippen LogP contribution is 2.21. The van der Waals surface area contributed by atoms with E-state index in [1.54, 1.807) is 0 Å². The fourth-order valence-electron chi connectivity index (χ4n) is 1.92. The van der Waals surface area contributed by atoms with Crippen molar-refractivity contribution in [3.8, 4) is 17.2 Å². The first-order chi connectivity index (χ1) is 8.33. The second-order valence-corrected chi connectivity index (χ2v) is 4.14. The SMILES string of the molecule is CCCc1ccc(-c2cccc(C#N)c2)cc1. The van der Waals surface area contributed by atoms with Gasteiger partial charge in [0.15, 0.2) is 0 Å². The van der Waals surface area contributed by atoms with Gasteiger partial charge in [0, 0.05) is 0 Å². The maximum absolute atomic E-state index is 8.87. The van der Waals surface area contributed by atoms with E-state index in [-0.39, 0.29) is 0 Å². The molecule has 0 amide bonds. The lowest BCUT2D eigenvalue weighted by Crippen LogP contribution is -1.84. The molecule has 0 aliphatic heterocycles. The molecule has 2 aromatic carbocycles. The molecule has 0 radical (unpaired) electrons. The first kappa shape index (κ1) is 11.4. The zero-order chi connectivity index (χ0) is 12.1. The third-order valence-corrected chi connectivity index (χ3v) is 2.82. The third kappa shape index (κ3) is 2.73. The molecule has 0 aromatic heterocycles. The minimum absolute atomic E-state index is 0.708. The summed E-state index contributed by atoms with van der Waals surface area (Å²) in [5.74, 6) is 0. The normalized spacial score (nSPS) is 9.88. The van der Waals surface area contributed by atoms with Crippen molar-refractivity contribution in [2.45, 2.75) is 19.8 Å². The Balaban J connectivity index is 2.30. The Morgan fingerprint density at radius 1 is 1.00 bits per heavy atom. The fourth-order valence-corrected chi connectivity index (χ4v) is 1.92. The summed E-state index contributed by atoms with van der Waals surface area (Å²) in [6.45, 7) is 2.18. The van der Waals surface area contributed by atoms with Crippen molar-refractivity contribution < 1.29 is 0 Å². The predicted molar refractivity (Wildman–Crippen MR) is 70.6 cm³/mol. The van der Waals surface area contributed by atoms with Crippen LogP contribution in [0.4, 0.5) is 0 Å². The Morgan fingerprint density at radius 3 is 2.41 bits per heavy atom. The Labute approximate surface area is 102 Å². The molecule has 0 aliphatic carbocycles. The Bertz CT molecular complexity index is 532. The molecule has 84 valence electrons. The van der Waals surface area contributed by atoms with Gasteiger partial charge >= 0.3 is 0 Å². The summed E-state index contributed by atoms with van der Waals surface area (Å²) in [5.41, 5.74) is 4.35. The van der Waals surface area contributed by atoms with E-state index in [1.165, 1.54) is 17.5 Å². The van der Waals surface area contributed by atoms with Crippen LogP contribution >= 0.6 is 0 Å². The first-order valence-corrected chi connectivity index (χ1v) is 5.93. The minimum Gasteiger partial charge on any atom is -0.192 e. The van der Waals surface area contributed by atoms with Gasteiger partial charge in [-0.3, -0.25) is 0 Å². The van der Waals surface area contributed by atoms with Crippen LogP contribution in [0.2, 0.25) is 0 Å². The van der Waals surface area contributed by atoms with E-state index in [2.05, 4.69) is 37.3 Å². The highest BCUT2D eigenvalue weighted by atomic mass is 14.2. The highest BCUT2D eigenvalue weighted by molar-refractivity contribution is 5.65. The molecule has 0 atom stereocenters. The molecule has 0 spiro atoms. The van der Waals surface area contributed by atoms with E-state index in [0.29, 0.717) is 5.56 Å². The van der Waals surface area contributed by atoms with Gasteiger partial charge in [-0.1, -0.05) is 49.7 Å². The molecule has 1 heteroatoms. The van der Waals surface area contributed by atoms with Crippen molar-refractivity contribution in [1.82, 2.24) is 0 Å². The summed E-state index contributed by atoms with van der Waals surface area (Å²) >= 11 is 0. The van der Waals surface area contributed by atoms with Crippen molar-refractivity contribution in [2.75, 3.05) is 0 Å². The topological polar surface area (TPSA) is 23.8 Å². The predicted octanol–water partition coefficient (Wildman–Crippen LogP) is 4.18. The maximum Gasteiger partial charge on any atom is 0.0991 e. The summed E-state index contributed by atoms with van der Waals surface area (Å²) in [6.07, 6.45) is 2.29. The second kappa shape index (κ2) is 5.32. The minimum atomic E-state index is 0.708. The number of aryl methyl sites for hydroxylation is 1. The lowest BCUT2D eigenvalue weighted by Gasteiger charge is -2.04. The van der Waals surface area contributed by atoms with Crippen molar-refractivity contribution in [3.63, 3.8) is 0 Å². The summed E-state index contributed by atoms with van der Waals surface area (Å²) < 4.78 is 0. The van der Waals surface area contributed by atoms with E-state index in [9.17, 15) is 0 Å². The van der Waals surface area contributed by atoms with Crippen molar-refractivity contribution in [3.05, 3.63) is 59.7 Å². The van der Waals surface area contributed by atoms with Gasteiger partial charge in [0.05, 0.1) is 11.6 Å². The molecule has 2 aromatic rings. The van der Waals surface area contributed by atoms with Crippen molar-refractivity contribution in [2.24, 2.45) is 0 Å². The van der Waals surface area contributed by atoms with Crippen LogP contribution in [-0.4, -0.2) is 0 Å². The van der Waals surface area contributed by atoms with E-state index >= 15 is 0 Å². The van der Waals surface area contributed by atoms with Gasteiger partial charge in [0.2, 0.25) is 0 Å². The quantitative estimate of drug-likeness (QED) is 0.762. The molecule has 0 bridgehead atoms. The number of hydrogen-bond acceptors (Lipinski definition) is 1. The first-order valence-electron chi connectivity index (χ1n) is 5.93. The van der Waals surface area contributed by atoms with Crippen LogP contribution in [0.3, 0.4) is 0 Å². The van der Waals surface area contributed by atoms with Crippen molar-refractivity contribution in [1.29, 1.82) is 5.26 Å². The molecule has 0 unspecified atom stereocenters. The molecule has 2 rings (SSSR count). The van der Waals surface area contributed by atoms with Gasteiger partial charge in [-0.25, -0.2) is 0 Å². The number of nitrogens with zero attached hydrogens (tertiary/aromatic N) is 1. The van der Waals surface area contributed by atoms with Crippen LogP contribution in [-0.2, 0) is 6.42 Å². The number of nitriles is 1. The molecule has 0 fully saturated rings. The zero-order valence-corrected chi connectivity index (χ0v) is 9.98. The molecule has 17 heavy (non-hydrogen) atoms. The molecule has 0 heterocycles. The van der Waals surface area contributed by atoms with Crippen LogP contribution < -0.4 is 0 Å². The van der Waals surface area contributed by atoms with Crippen LogP contribution in [0.1, 0.15) is 24.5 Å². The molecule has 0 N–H and O–H groups in total. The van der Waals surface area contributed by atoms with Gasteiger partial charge < -0.3 is 0 Å². The van der Waals surface area contributed by atoms with Gasteiger partial charge in [0.25, 0.3) is 0 Å². The Kier molecular flexibility index (Phi) is 3.57. The fraction of sp³-hybridized carbons (Fsp3) is 0.188. The van der Waals surface area contributed by atoms with E-state index in [4.69, 9.17) is 5.26 Å². The summed E-state index contributed by atoms with van der Waals surface area (Å²) in [5, 5.41) is 8.87. The van der Waals surface area contributed by atoms with Crippen LogP contribution in [0, 0.1) is 11.3 Å². The monoisotopic (exact) mass is 221 g/mol. The lowest BCUT2D eigenvalue weighted by atomic mass is 10.0. The molecule has 0 saturated carbocycles. The zero-order valence-electron chi connectivity index (χ0n) is 9.98. The van der Waals surface area contributed by atoms with E-state index in [0.717, 1.165) is 12.0 Å². The largest absolute Gasteiger partial charge is 0.192 e. The summed E-state index contributed by atoms with van der Waals surface area (Å²) in [6, 6.07) is 18.5. The summed E-state index contributed by atoms with van der Waals surface area (Å²) in [7, 11) is 0. The van der Waals surface area contributed by atoms with Crippen molar-refractivity contribution >= 4 is 0 Å². The van der Waals surface area contributed by atoms with Gasteiger partial charge in [-0.05, 0) is 35.2 Å². The summed E-state index contributed by atoms with van der Waals surface area (Å²) in [4.78, 5) is 0. The Hall–Kier alpha value is -2.07. The average molecular weight is 221 g/mol. The number of hydrogen-bond donors (Lipinski definition) is 0. The van der Waals surface area contributed by atoms with E-state index in [1.807, 2.05) is 24.3 Å². The maximum atomic E-state index is 8.87. The van der Waals surface area contributed by atoms with Gasteiger partial charge in [0.1, 0.15) is 0 Å². The Morgan fingerprint density at radius 2 is 1.76 bits per heavy atom. The molecule has 1 nitrogen and oxygen atoms in total. The molecular weight excluding hydrogens is 206 g/mol. The third-order valence-electron chi connectivity index (χ3n) is 2.82. The number of rotatable bonds is 3. The van der Waals surface area contributed by atoms with Gasteiger partial charge in [-0.2, -0.15) is 5.26 Å².